The third-order valence-electron chi connectivity index (χ3n) is 3.36. The van der Waals surface area contributed by atoms with E-state index in [0.29, 0.717) is 12.1 Å². The van der Waals surface area contributed by atoms with Crippen LogP contribution in [0, 0.1) is 5.82 Å². The fraction of sp³-hybridized carbons (Fsp3) is 0.118. The molecular weight excluding hydrogens is 251 g/mol. The Morgan fingerprint density at radius 3 is 2.65 bits per heavy atom. The van der Waals surface area contributed by atoms with Crippen molar-refractivity contribution in [1.29, 1.82) is 0 Å². The lowest BCUT2D eigenvalue weighted by Gasteiger charge is -2.07. The molecule has 2 aromatic carbocycles. The molecule has 0 aliphatic heterocycles. The van der Waals surface area contributed by atoms with Crippen LogP contribution in [0.25, 0.3) is 22.0 Å². The van der Waals surface area contributed by atoms with Crippen molar-refractivity contribution < 1.29 is 4.39 Å². The number of benzene rings is 2. The third kappa shape index (κ3) is 2.40. The van der Waals surface area contributed by atoms with E-state index in [-0.39, 0.29) is 5.82 Å². The molecule has 0 atom stereocenters. The van der Waals surface area contributed by atoms with Gasteiger partial charge in [0.25, 0.3) is 0 Å². The number of nitrogens with zero attached hydrogens (tertiary/aromatic N) is 1. The van der Waals surface area contributed by atoms with E-state index in [0.717, 1.165) is 22.0 Å². The first-order valence-electron chi connectivity index (χ1n) is 6.56. The average Bonchev–Trinajstić information content (AvgIpc) is 2.49. The summed E-state index contributed by atoms with van der Waals surface area (Å²) < 4.78 is 14.0. The van der Waals surface area contributed by atoms with Crippen molar-refractivity contribution in [3.8, 4) is 11.1 Å². The van der Waals surface area contributed by atoms with Gasteiger partial charge in [-0.3, -0.25) is 4.98 Å². The highest BCUT2D eigenvalue weighted by molar-refractivity contribution is 5.84. The maximum absolute atomic E-state index is 14.0. The first-order valence-corrected chi connectivity index (χ1v) is 6.56. The van der Waals surface area contributed by atoms with Gasteiger partial charge in [0.15, 0.2) is 0 Å². The van der Waals surface area contributed by atoms with Crippen molar-refractivity contribution in [1.82, 2.24) is 10.3 Å². The lowest BCUT2D eigenvalue weighted by atomic mass is 10.0. The number of hydrogen-bond acceptors (Lipinski definition) is 2. The molecule has 100 valence electrons. The van der Waals surface area contributed by atoms with Gasteiger partial charge in [-0.1, -0.05) is 30.3 Å². The van der Waals surface area contributed by atoms with Gasteiger partial charge in [0.1, 0.15) is 5.82 Å². The number of halogens is 1. The van der Waals surface area contributed by atoms with Gasteiger partial charge in [0.05, 0.1) is 5.52 Å². The smallest absolute Gasteiger partial charge is 0.128 e. The predicted molar refractivity (Wildman–Crippen MR) is 79.9 cm³/mol. The fourth-order valence-corrected chi connectivity index (χ4v) is 2.31. The van der Waals surface area contributed by atoms with Gasteiger partial charge >= 0.3 is 0 Å². The molecule has 0 unspecified atom stereocenters. The van der Waals surface area contributed by atoms with Crippen LogP contribution in [0.2, 0.25) is 0 Å². The highest BCUT2D eigenvalue weighted by Gasteiger charge is 2.05. The summed E-state index contributed by atoms with van der Waals surface area (Å²) in [4.78, 5) is 4.33. The standard InChI is InChI=1S/C17H15FN2/c1-19-11-15-7-6-13(9-16(15)18)14-5-4-12-3-2-8-20-17(12)10-14/h2-10,19H,11H2,1H3. The Hall–Kier alpha value is -2.26. The van der Waals surface area contributed by atoms with Crippen molar-refractivity contribution in [2.24, 2.45) is 0 Å². The minimum atomic E-state index is -0.182. The van der Waals surface area contributed by atoms with Crippen molar-refractivity contribution in [2.45, 2.75) is 6.54 Å². The van der Waals surface area contributed by atoms with Gasteiger partial charge in [-0.05, 0) is 36.4 Å². The Morgan fingerprint density at radius 1 is 1.05 bits per heavy atom. The second-order valence-corrected chi connectivity index (χ2v) is 4.75. The highest BCUT2D eigenvalue weighted by atomic mass is 19.1. The molecule has 3 aromatic rings. The third-order valence-corrected chi connectivity index (χ3v) is 3.36. The van der Waals surface area contributed by atoms with Crippen molar-refractivity contribution >= 4 is 10.9 Å². The van der Waals surface area contributed by atoms with E-state index in [2.05, 4.69) is 10.3 Å². The SMILES string of the molecule is CNCc1ccc(-c2ccc3cccnc3c2)cc1F. The van der Waals surface area contributed by atoms with Crippen LogP contribution in [0.1, 0.15) is 5.56 Å². The van der Waals surface area contributed by atoms with Gasteiger partial charge in [0.2, 0.25) is 0 Å². The molecule has 3 heteroatoms. The summed E-state index contributed by atoms with van der Waals surface area (Å²) in [5.74, 6) is -0.182. The summed E-state index contributed by atoms with van der Waals surface area (Å²) in [6.07, 6.45) is 1.77. The van der Waals surface area contributed by atoms with E-state index in [1.165, 1.54) is 0 Å². The Labute approximate surface area is 117 Å². The monoisotopic (exact) mass is 266 g/mol. The maximum atomic E-state index is 14.0. The molecule has 0 fully saturated rings. The Balaban J connectivity index is 2.04. The predicted octanol–water partition coefficient (Wildman–Crippen LogP) is 3.76. The molecule has 0 spiro atoms. The summed E-state index contributed by atoms with van der Waals surface area (Å²) in [6.45, 7) is 0.533. The zero-order chi connectivity index (χ0) is 13.9. The van der Waals surface area contributed by atoms with E-state index in [1.807, 2.05) is 49.5 Å². The molecule has 1 heterocycles. The van der Waals surface area contributed by atoms with Gasteiger partial charge in [0, 0.05) is 23.7 Å². The van der Waals surface area contributed by atoms with E-state index in [4.69, 9.17) is 0 Å². The zero-order valence-electron chi connectivity index (χ0n) is 11.2. The molecular formula is C17H15FN2. The Morgan fingerprint density at radius 2 is 1.85 bits per heavy atom. The molecule has 2 nitrogen and oxygen atoms in total. The molecule has 3 rings (SSSR count). The van der Waals surface area contributed by atoms with Crippen molar-refractivity contribution in [3.63, 3.8) is 0 Å². The lowest BCUT2D eigenvalue weighted by molar-refractivity contribution is 0.601. The first kappa shape index (κ1) is 12.8. The summed E-state index contributed by atoms with van der Waals surface area (Å²) in [7, 11) is 1.81. The molecule has 0 aliphatic carbocycles. The van der Waals surface area contributed by atoms with Crippen molar-refractivity contribution in [3.05, 3.63) is 66.1 Å². The molecule has 1 N–H and O–H groups in total. The minimum Gasteiger partial charge on any atom is -0.316 e. The number of pyridine rings is 1. The minimum absolute atomic E-state index is 0.182. The summed E-state index contributed by atoms with van der Waals surface area (Å²) in [5, 5.41) is 4.04. The average molecular weight is 266 g/mol. The highest BCUT2D eigenvalue weighted by Crippen LogP contribution is 2.25. The molecule has 20 heavy (non-hydrogen) atoms. The quantitative estimate of drug-likeness (QED) is 0.780. The second-order valence-electron chi connectivity index (χ2n) is 4.75. The summed E-state index contributed by atoms with van der Waals surface area (Å²) >= 11 is 0. The number of nitrogens with one attached hydrogen (secondary N) is 1. The normalized spacial score (nSPS) is 10.9. The van der Waals surface area contributed by atoms with Crippen LogP contribution in [0.5, 0.6) is 0 Å². The molecule has 0 bridgehead atoms. The van der Waals surface area contributed by atoms with Crippen molar-refractivity contribution in [2.75, 3.05) is 7.05 Å². The molecule has 0 aliphatic rings. The van der Waals surface area contributed by atoms with Crippen LogP contribution in [0.4, 0.5) is 4.39 Å². The van der Waals surface area contributed by atoms with E-state index in [9.17, 15) is 4.39 Å². The molecule has 0 saturated heterocycles. The van der Waals surface area contributed by atoms with Crippen LogP contribution < -0.4 is 5.32 Å². The molecule has 1 aromatic heterocycles. The van der Waals surface area contributed by atoms with Gasteiger partial charge < -0.3 is 5.32 Å². The first-order chi connectivity index (χ1) is 9.78. The van der Waals surface area contributed by atoms with E-state index >= 15 is 0 Å². The van der Waals surface area contributed by atoms with Gasteiger partial charge in [-0.25, -0.2) is 4.39 Å². The van der Waals surface area contributed by atoms with Crippen LogP contribution in [-0.4, -0.2) is 12.0 Å². The lowest BCUT2D eigenvalue weighted by Crippen LogP contribution is -2.06. The zero-order valence-corrected chi connectivity index (χ0v) is 11.2. The fourth-order valence-electron chi connectivity index (χ4n) is 2.31. The Bertz CT molecular complexity index is 753. The number of aromatic nitrogens is 1. The van der Waals surface area contributed by atoms with Crippen LogP contribution in [0.15, 0.2) is 54.7 Å². The molecule has 0 radical (unpaired) electrons. The van der Waals surface area contributed by atoms with Crippen LogP contribution in [-0.2, 0) is 6.54 Å². The second kappa shape index (κ2) is 5.39. The summed E-state index contributed by atoms with van der Waals surface area (Å²) in [5.41, 5.74) is 3.45. The summed E-state index contributed by atoms with van der Waals surface area (Å²) in [6, 6.07) is 15.3. The van der Waals surface area contributed by atoms with E-state index < -0.39 is 0 Å². The number of fused-ring (bicyclic) bond motifs is 1. The maximum Gasteiger partial charge on any atom is 0.128 e. The van der Waals surface area contributed by atoms with E-state index in [1.54, 1.807) is 12.3 Å². The van der Waals surface area contributed by atoms with Crippen LogP contribution >= 0.6 is 0 Å². The van der Waals surface area contributed by atoms with Gasteiger partial charge in [-0.2, -0.15) is 0 Å². The van der Waals surface area contributed by atoms with Gasteiger partial charge in [-0.15, -0.1) is 0 Å². The number of hydrogen-bond donors (Lipinski definition) is 1. The molecule has 0 saturated carbocycles. The Kier molecular flexibility index (Phi) is 3.44. The number of rotatable bonds is 3. The molecule has 0 amide bonds. The largest absolute Gasteiger partial charge is 0.316 e. The van der Waals surface area contributed by atoms with Crippen LogP contribution in [0.3, 0.4) is 0 Å². The topological polar surface area (TPSA) is 24.9 Å².